The third kappa shape index (κ3) is 6.76. The molecule has 0 aromatic heterocycles. The van der Waals surface area contributed by atoms with E-state index in [9.17, 15) is 0 Å². The van der Waals surface area contributed by atoms with Gasteiger partial charge in [-0.2, -0.15) is 0 Å². The number of benzene rings is 2. The molecule has 0 aliphatic heterocycles. The van der Waals surface area contributed by atoms with Crippen LogP contribution in [0.4, 0.5) is 0 Å². The molecule has 0 spiro atoms. The summed E-state index contributed by atoms with van der Waals surface area (Å²) in [6, 6.07) is 21.4. The number of ether oxygens (including phenoxy) is 3. The Hall–Kier alpha value is -1.50. The van der Waals surface area contributed by atoms with Crippen LogP contribution in [0.25, 0.3) is 0 Å². The van der Waals surface area contributed by atoms with Crippen molar-refractivity contribution in [2.75, 3.05) is 46.2 Å². The van der Waals surface area contributed by atoms with Crippen molar-refractivity contribution in [3.63, 3.8) is 0 Å². The van der Waals surface area contributed by atoms with Crippen LogP contribution < -0.4 is 10.4 Å². The summed E-state index contributed by atoms with van der Waals surface area (Å²) in [5, 5.41) is 2.56. The van der Waals surface area contributed by atoms with Crippen molar-refractivity contribution in [3.8, 4) is 0 Å². The monoisotopic (exact) mass is 416 g/mol. The van der Waals surface area contributed by atoms with Gasteiger partial charge in [0.25, 0.3) is 8.32 Å². The van der Waals surface area contributed by atoms with Gasteiger partial charge < -0.3 is 18.6 Å². The van der Waals surface area contributed by atoms with E-state index in [4.69, 9.17) is 18.6 Å². The molecule has 4 nitrogen and oxygen atoms in total. The van der Waals surface area contributed by atoms with E-state index in [1.54, 1.807) is 0 Å². The molecule has 160 valence electrons. The number of rotatable bonds is 13. The topological polar surface area (TPSA) is 36.9 Å². The Bertz CT molecular complexity index is 631. The van der Waals surface area contributed by atoms with Gasteiger partial charge in [-0.1, -0.05) is 81.4 Å². The fraction of sp³-hybridized carbons (Fsp3) is 0.500. The highest BCUT2D eigenvalue weighted by atomic mass is 28.4. The summed E-state index contributed by atoms with van der Waals surface area (Å²) in [6.07, 6.45) is 0. The van der Waals surface area contributed by atoms with Crippen LogP contribution in [-0.4, -0.2) is 54.6 Å². The molecule has 2 rings (SSSR count). The molecule has 0 saturated heterocycles. The van der Waals surface area contributed by atoms with Gasteiger partial charge in [-0.05, 0) is 22.3 Å². The van der Waals surface area contributed by atoms with E-state index in [0.717, 1.165) is 6.61 Å². The molecule has 0 atom stereocenters. The maximum absolute atomic E-state index is 6.78. The third-order valence-electron chi connectivity index (χ3n) is 4.91. The maximum atomic E-state index is 6.78. The second-order valence-corrected chi connectivity index (χ2v) is 12.2. The zero-order valence-corrected chi connectivity index (χ0v) is 19.4. The molecular weight excluding hydrogens is 380 g/mol. The second-order valence-electron chi connectivity index (χ2n) is 7.93. The lowest BCUT2D eigenvalue weighted by Crippen LogP contribution is -2.66. The molecule has 0 radical (unpaired) electrons. The molecule has 2 aromatic carbocycles. The third-order valence-corrected chi connectivity index (χ3v) is 9.95. The Morgan fingerprint density at radius 3 is 1.45 bits per heavy atom. The van der Waals surface area contributed by atoms with Crippen LogP contribution in [-0.2, 0) is 18.6 Å². The standard InChI is InChI=1S/C24H36O4Si/c1-5-25-16-17-26-18-19-27-20-21-28-29(24(2,3)4,22-12-8-6-9-13-22)23-14-10-7-11-15-23/h6-15H,5,16-21H2,1-4H3. The predicted octanol–water partition coefficient (Wildman–Crippen LogP) is 3.63. The summed E-state index contributed by atoms with van der Waals surface area (Å²) < 4.78 is 23.3. The summed E-state index contributed by atoms with van der Waals surface area (Å²) in [5.41, 5.74) is 0. The highest BCUT2D eigenvalue weighted by Gasteiger charge is 2.49. The Morgan fingerprint density at radius 2 is 1.03 bits per heavy atom. The van der Waals surface area contributed by atoms with Gasteiger partial charge in [0, 0.05) is 6.61 Å². The summed E-state index contributed by atoms with van der Waals surface area (Å²) in [6.45, 7) is 13.1. The molecular formula is C24H36O4Si. The first kappa shape index (κ1) is 23.8. The molecule has 0 aliphatic rings. The first-order valence-electron chi connectivity index (χ1n) is 10.5. The van der Waals surface area contributed by atoms with Gasteiger partial charge >= 0.3 is 0 Å². The summed E-state index contributed by atoms with van der Waals surface area (Å²) in [4.78, 5) is 0. The molecule has 5 heteroatoms. The Balaban J connectivity index is 2.00. The average Bonchev–Trinajstić information content (AvgIpc) is 2.72. The molecule has 0 heterocycles. The lowest BCUT2D eigenvalue weighted by molar-refractivity contribution is 0.0108. The van der Waals surface area contributed by atoms with Crippen molar-refractivity contribution < 1.29 is 18.6 Å². The van der Waals surface area contributed by atoms with Crippen LogP contribution in [0.2, 0.25) is 5.04 Å². The van der Waals surface area contributed by atoms with Gasteiger partial charge in [-0.25, -0.2) is 0 Å². The minimum atomic E-state index is -2.47. The van der Waals surface area contributed by atoms with Gasteiger partial charge in [-0.3, -0.25) is 0 Å². The number of hydrogen-bond donors (Lipinski definition) is 0. The van der Waals surface area contributed by atoms with E-state index < -0.39 is 8.32 Å². The minimum Gasteiger partial charge on any atom is -0.405 e. The van der Waals surface area contributed by atoms with Crippen LogP contribution in [0.1, 0.15) is 27.7 Å². The SMILES string of the molecule is CCOCCOCCOCCO[Si](c1ccccc1)(c1ccccc1)C(C)(C)C. The molecule has 0 N–H and O–H groups in total. The van der Waals surface area contributed by atoms with E-state index in [1.807, 2.05) is 6.92 Å². The fourth-order valence-corrected chi connectivity index (χ4v) is 8.14. The van der Waals surface area contributed by atoms with Crippen LogP contribution in [0.15, 0.2) is 60.7 Å². The van der Waals surface area contributed by atoms with Crippen molar-refractivity contribution in [2.45, 2.75) is 32.7 Å². The summed E-state index contributed by atoms with van der Waals surface area (Å²) in [7, 11) is -2.47. The zero-order valence-electron chi connectivity index (χ0n) is 18.4. The highest BCUT2D eigenvalue weighted by Crippen LogP contribution is 2.36. The van der Waals surface area contributed by atoms with E-state index >= 15 is 0 Å². The lowest BCUT2D eigenvalue weighted by atomic mass is 10.2. The first-order chi connectivity index (χ1) is 14.0. The van der Waals surface area contributed by atoms with E-state index in [-0.39, 0.29) is 5.04 Å². The van der Waals surface area contributed by atoms with Crippen LogP contribution >= 0.6 is 0 Å². The molecule has 0 unspecified atom stereocenters. The smallest absolute Gasteiger partial charge is 0.261 e. The molecule has 0 amide bonds. The van der Waals surface area contributed by atoms with Crippen LogP contribution in [0, 0.1) is 0 Å². The summed E-state index contributed by atoms with van der Waals surface area (Å²) >= 11 is 0. The lowest BCUT2D eigenvalue weighted by Gasteiger charge is -2.43. The largest absolute Gasteiger partial charge is 0.405 e. The summed E-state index contributed by atoms with van der Waals surface area (Å²) in [5.74, 6) is 0. The average molecular weight is 417 g/mol. The van der Waals surface area contributed by atoms with Gasteiger partial charge in [-0.15, -0.1) is 0 Å². The van der Waals surface area contributed by atoms with E-state index in [0.29, 0.717) is 39.6 Å². The van der Waals surface area contributed by atoms with Crippen molar-refractivity contribution in [1.29, 1.82) is 0 Å². The van der Waals surface area contributed by atoms with Gasteiger partial charge in [0.15, 0.2) is 0 Å². The van der Waals surface area contributed by atoms with Crippen LogP contribution in [0.3, 0.4) is 0 Å². The van der Waals surface area contributed by atoms with Crippen molar-refractivity contribution in [2.24, 2.45) is 0 Å². The molecule has 0 fully saturated rings. The van der Waals surface area contributed by atoms with Gasteiger partial charge in [0.2, 0.25) is 0 Å². The minimum absolute atomic E-state index is 0.0158. The Labute approximate surface area is 177 Å². The quantitative estimate of drug-likeness (QED) is 0.369. The van der Waals surface area contributed by atoms with E-state index in [2.05, 4.69) is 81.4 Å². The van der Waals surface area contributed by atoms with Crippen molar-refractivity contribution in [3.05, 3.63) is 60.7 Å². The number of hydrogen-bond acceptors (Lipinski definition) is 4. The highest BCUT2D eigenvalue weighted by molar-refractivity contribution is 6.99. The first-order valence-corrected chi connectivity index (χ1v) is 12.4. The molecule has 0 aliphatic carbocycles. The fourth-order valence-electron chi connectivity index (χ4n) is 3.60. The molecule has 0 bridgehead atoms. The van der Waals surface area contributed by atoms with Gasteiger partial charge in [0.1, 0.15) is 0 Å². The van der Waals surface area contributed by atoms with Gasteiger partial charge in [0.05, 0.1) is 39.6 Å². The molecule has 0 saturated carbocycles. The Kier molecular flexibility index (Phi) is 10.0. The van der Waals surface area contributed by atoms with Crippen LogP contribution in [0.5, 0.6) is 0 Å². The van der Waals surface area contributed by atoms with E-state index in [1.165, 1.54) is 10.4 Å². The van der Waals surface area contributed by atoms with Crippen molar-refractivity contribution in [1.82, 2.24) is 0 Å². The Morgan fingerprint density at radius 1 is 0.621 bits per heavy atom. The molecule has 29 heavy (non-hydrogen) atoms. The normalized spacial score (nSPS) is 12.3. The second kappa shape index (κ2) is 12.3. The predicted molar refractivity (Wildman–Crippen MR) is 122 cm³/mol. The van der Waals surface area contributed by atoms with Crippen molar-refractivity contribution >= 4 is 18.7 Å². The maximum Gasteiger partial charge on any atom is 0.261 e. The molecule has 2 aromatic rings. The zero-order chi connectivity index (χ0) is 21.0.